The van der Waals surface area contributed by atoms with E-state index < -0.39 is 4.92 Å². The SMILES string of the molecule is O=[N+]([O-])c1cnc(NCC2CCCO2)s1. The Balaban J connectivity index is 1.84. The molecule has 1 aromatic heterocycles. The average molecular weight is 229 g/mol. The van der Waals surface area contributed by atoms with Crippen LogP contribution in [-0.2, 0) is 4.74 Å². The third-order valence-corrected chi connectivity index (χ3v) is 3.09. The van der Waals surface area contributed by atoms with Gasteiger partial charge in [-0.2, -0.15) is 0 Å². The van der Waals surface area contributed by atoms with Gasteiger partial charge in [0, 0.05) is 13.2 Å². The van der Waals surface area contributed by atoms with E-state index in [1.54, 1.807) is 0 Å². The molecule has 6 nitrogen and oxygen atoms in total. The van der Waals surface area contributed by atoms with Crippen LogP contribution in [-0.4, -0.2) is 29.2 Å². The molecule has 1 atom stereocenters. The molecule has 2 rings (SSSR count). The van der Waals surface area contributed by atoms with Gasteiger partial charge in [-0.05, 0) is 24.2 Å². The van der Waals surface area contributed by atoms with Crippen LogP contribution in [0.3, 0.4) is 0 Å². The Morgan fingerprint density at radius 2 is 2.67 bits per heavy atom. The molecule has 1 aromatic rings. The van der Waals surface area contributed by atoms with Crippen LogP contribution in [0, 0.1) is 10.1 Å². The summed E-state index contributed by atoms with van der Waals surface area (Å²) in [7, 11) is 0. The third kappa shape index (κ3) is 2.63. The first-order chi connectivity index (χ1) is 7.25. The summed E-state index contributed by atoms with van der Waals surface area (Å²) in [5.74, 6) is 0. The van der Waals surface area contributed by atoms with Gasteiger partial charge in [-0.15, -0.1) is 0 Å². The van der Waals surface area contributed by atoms with Crippen molar-refractivity contribution >= 4 is 21.5 Å². The lowest BCUT2D eigenvalue weighted by atomic mass is 10.2. The zero-order valence-corrected chi connectivity index (χ0v) is 8.83. The lowest BCUT2D eigenvalue weighted by Gasteiger charge is -2.08. The Morgan fingerprint density at radius 3 is 3.27 bits per heavy atom. The summed E-state index contributed by atoms with van der Waals surface area (Å²) in [6, 6.07) is 0. The fourth-order valence-electron chi connectivity index (χ4n) is 1.44. The molecule has 15 heavy (non-hydrogen) atoms. The molecule has 0 aliphatic carbocycles. The van der Waals surface area contributed by atoms with E-state index in [9.17, 15) is 10.1 Å². The topological polar surface area (TPSA) is 77.3 Å². The van der Waals surface area contributed by atoms with Gasteiger partial charge in [-0.3, -0.25) is 10.1 Å². The molecule has 7 heteroatoms. The Kier molecular flexibility index (Phi) is 3.12. The largest absolute Gasteiger partial charge is 0.376 e. The highest BCUT2D eigenvalue weighted by molar-refractivity contribution is 7.18. The minimum Gasteiger partial charge on any atom is -0.376 e. The minimum atomic E-state index is -0.436. The fraction of sp³-hybridized carbons (Fsp3) is 0.625. The minimum absolute atomic E-state index is 0.0600. The van der Waals surface area contributed by atoms with Crippen molar-refractivity contribution < 1.29 is 9.66 Å². The van der Waals surface area contributed by atoms with E-state index in [0.717, 1.165) is 30.8 Å². The molecule has 1 fully saturated rings. The van der Waals surface area contributed by atoms with Crippen molar-refractivity contribution in [2.45, 2.75) is 18.9 Å². The first-order valence-corrected chi connectivity index (χ1v) is 5.53. The fourth-order valence-corrected chi connectivity index (χ4v) is 2.08. The van der Waals surface area contributed by atoms with Gasteiger partial charge < -0.3 is 10.1 Å². The molecule has 0 spiro atoms. The summed E-state index contributed by atoms with van der Waals surface area (Å²) in [5.41, 5.74) is 0. The second-order valence-corrected chi connectivity index (χ2v) is 4.29. The molecule has 0 aromatic carbocycles. The average Bonchev–Trinajstić information content (AvgIpc) is 2.86. The van der Waals surface area contributed by atoms with Gasteiger partial charge in [0.1, 0.15) is 6.20 Å². The summed E-state index contributed by atoms with van der Waals surface area (Å²) in [6.45, 7) is 1.48. The van der Waals surface area contributed by atoms with Crippen LogP contribution in [0.5, 0.6) is 0 Å². The van der Waals surface area contributed by atoms with Crippen LogP contribution in [0.15, 0.2) is 6.20 Å². The predicted molar refractivity (Wildman–Crippen MR) is 56.2 cm³/mol. The van der Waals surface area contributed by atoms with Crippen molar-refractivity contribution in [1.29, 1.82) is 0 Å². The second kappa shape index (κ2) is 4.54. The molecular formula is C8H11N3O3S. The highest BCUT2D eigenvalue weighted by Gasteiger charge is 2.16. The smallest absolute Gasteiger partial charge is 0.345 e. The number of hydrogen-bond acceptors (Lipinski definition) is 6. The number of nitro groups is 1. The van der Waals surface area contributed by atoms with Crippen LogP contribution < -0.4 is 5.32 Å². The van der Waals surface area contributed by atoms with Gasteiger partial charge >= 0.3 is 5.00 Å². The summed E-state index contributed by atoms with van der Waals surface area (Å²) < 4.78 is 5.41. The maximum atomic E-state index is 10.4. The van der Waals surface area contributed by atoms with E-state index in [0.29, 0.717) is 11.7 Å². The highest BCUT2D eigenvalue weighted by Crippen LogP contribution is 2.25. The van der Waals surface area contributed by atoms with E-state index in [1.807, 2.05) is 0 Å². The monoisotopic (exact) mass is 229 g/mol. The van der Waals surface area contributed by atoms with Crippen LogP contribution >= 0.6 is 11.3 Å². The van der Waals surface area contributed by atoms with E-state index in [2.05, 4.69) is 10.3 Å². The van der Waals surface area contributed by atoms with E-state index in [4.69, 9.17) is 4.74 Å². The number of thiazole rings is 1. The molecule has 82 valence electrons. The maximum Gasteiger partial charge on any atom is 0.345 e. The zero-order valence-electron chi connectivity index (χ0n) is 8.01. The van der Waals surface area contributed by atoms with Gasteiger partial charge in [-0.25, -0.2) is 4.98 Å². The standard InChI is InChI=1S/C8H11N3O3S/c12-11(13)7-5-10-8(15-7)9-4-6-2-1-3-14-6/h5-6H,1-4H2,(H,9,10). The van der Waals surface area contributed by atoms with E-state index in [-0.39, 0.29) is 11.1 Å². The molecule has 0 radical (unpaired) electrons. The summed E-state index contributed by atoms with van der Waals surface area (Å²) >= 11 is 1.05. The third-order valence-electron chi connectivity index (χ3n) is 2.18. The van der Waals surface area contributed by atoms with Crippen molar-refractivity contribution in [3.05, 3.63) is 16.3 Å². The van der Waals surface area contributed by atoms with Crippen molar-refractivity contribution in [3.8, 4) is 0 Å². The highest BCUT2D eigenvalue weighted by atomic mass is 32.1. The number of hydrogen-bond donors (Lipinski definition) is 1. The number of ether oxygens (including phenoxy) is 1. The molecule has 1 aliphatic heterocycles. The number of anilines is 1. The Labute approximate surface area is 90.4 Å². The molecule has 1 aliphatic rings. The van der Waals surface area contributed by atoms with E-state index in [1.165, 1.54) is 6.20 Å². The first-order valence-electron chi connectivity index (χ1n) is 4.71. The van der Waals surface area contributed by atoms with Gasteiger partial charge in [0.05, 0.1) is 11.0 Å². The molecule has 0 amide bonds. The Bertz CT molecular complexity index is 349. The summed E-state index contributed by atoms with van der Waals surface area (Å²) in [6.07, 6.45) is 3.61. The van der Waals surface area contributed by atoms with Gasteiger partial charge in [0.15, 0.2) is 5.13 Å². The number of aromatic nitrogens is 1. The summed E-state index contributed by atoms with van der Waals surface area (Å²) in [4.78, 5) is 13.9. The lowest BCUT2D eigenvalue weighted by Crippen LogP contribution is -2.18. The summed E-state index contributed by atoms with van der Waals surface area (Å²) in [5, 5.41) is 14.1. The van der Waals surface area contributed by atoms with Crippen molar-refractivity contribution in [2.75, 3.05) is 18.5 Å². The molecule has 2 heterocycles. The van der Waals surface area contributed by atoms with Gasteiger partial charge in [-0.1, -0.05) is 0 Å². The second-order valence-electron chi connectivity index (χ2n) is 3.28. The number of rotatable bonds is 4. The maximum absolute atomic E-state index is 10.4. The normalized spacial score (nSPS) is 20.4. The lowest BCUT2D eigenvalue weighted by molar-refractivity contribution is -0.380. The van der Waals surface area contributed by atoms with Gasteiger partial charge in [0.25, 0.3) is 0 Å². The number of nitrogens with one attached hydrogen (secondary N) is 1. The predicted octanol–water partition coefficient (Wildman–Crippen LogP) is 1.64. The van der Waals surface area contributed by atoms with Crippen LogP contribution in [0.25, 0.3) is 0 Å². The molecule has 0 bridgehead atoms. The van der Waals surface area contributed by atoms with E-state index >= 15 is 0 Å². The first kappa shape index (κ1) is 10.3. The Hall–Kier alpha value is -1.21. The molecule has 0 saturated carbocycles. The van der Waals surface area contributed by atoms with Gasteiger partial charge in [0.2, 0.25) is 0 Å². The quantitative estimate of drug-likeness (QED) is 0.627. The van der Waals surface area contributed by atoms with Crippen LogP contribution in [0.2, 0.25) is 0 Å². The van der Waals surface area contributed by atoms with Crippen molar-refractivity contribution in [1.82, 2.24) is 4.98 Å². The van der Waals surface area contributed by atoms with Crippen molar-refractivity contribution in [2.24, 2.45) is 0 Å². The van der Waals surface area contributed by atoms with Crippen molar-refractivity contribution in [3.63, 3.8) is 0 Å². The number of nitrogens with zero attached hydrogens (tertiary/aromatic N) is 2. The van der Waals surface area contributed by atoms with Crippen LogP contribution in [0.4, 0.5) is 10.1 Å². The molecule has 1 saturated heterocycles. The zero-order chi connectivity index (χ0) is 10.7. The molecule has 1 N–H and O–H groups in total. The van der Waals surface area contributed by atoms with Crippen LogP contribution in [0.1, 0.15) is 12.8 Å². The Morgan fingerprint density at radius 1 is 1.80 bits per heavy atom. The molecular weight excluding hydrogens is 218 g/mol. The molecule has 1 unspecified atom stereocenters.